The lowest BCUT2D eigenvalue weighted by atomic mass is 10.0. The van der Waals surface area contributed by atoms with Crippen LogP contribution in [0.2, 0.25) is 0 Å². The average Bonchev–Trinajstić information content (AvgIpc) is 2.55. The Balaban J connectivity index is 2.29. The van der Waals surface area contributed by atoms with Crippen LogP contribution in [0, 0.1) is 0 Å². The number of carbonyl (C=O) groups is 1. The Morgan fingerprint density at radius 2 is 1.78 bits per heavy atom. The first-order valence-corrected chi connectivity index (χ1v) is 8.43. The van der Waals surface area contributed by atoms with Gasteiger partial charge in [-0.25, -0.2) is 0 Å². The Morgan fingerprint density at radius 3 is 2.39 bits per heavy atom. The van der Waals surface area contributed by atoms with Gasteiger partial charge >= 0.3 is 0 Å². The fourth-order valence-electron chi connectivity index (χ4n) is 2.05. The van der Waals surface area contributed by atoms with Crippen LogP contribution in [0.3, 0.4) is 0 Å². The van der Waals surface area contributed by atoms with Crippen LogP contribution in [0.25, 0.3) is 0 Å². The Hall–Kier alpha value is -1.59. The molecule has 1 aromatic carbocycles. The number of nitrogens with one attached hydrogen (secondary N) is 1. The van der Waals surface area contributed by atoms with Crippen molar-refractivity contribution in [2.75, 3.05) is 18.5 Å². The summed E-state index contributed by atoms with van der Waals surface area (Å²) in [6, 6.07) is 7.17. The summed E-state index contributed by atoms with van der Waals surface area (Å²) >= 11 is 0. The molecule has 0 fully saturated rings. The second-order valence-corrected chi connectivity index (χ2v) is 6.17. The second kappa shape index (κ2) is 10.2. The van der Waals surface area contributed by atoms with Crippen LogP contribution in [0.5, 0.6) is 5.75 Å². The monoisotopic (exact) mass is 322 g/mol. The Bertz CT molecular complexity index is 458. The van der Waals surface area contributed by atoms with Gasteiger partial charge in [0.15, 0.2) is 0 Å². The van der Waals surface area contributed by atoms with E-state index in [-0.39, 0.29) is 0 Å². The van der Waals surface area contributed by atoms with Gasteiger partial charge in [0.25, 0.3) is 0 Å². The normalized spacial score (nSPS) is 13.4. The molecular formula is C18H30N2O3. The minimum Gasteiger partial charge on any atom is -0.494 e. The third kappa shape index (κ3) is 7.48. The molecule has 0 saturated heterocycles. The van der Waals surface area contributed by atoms with Crippen LogP contribution in [0.4, 0.5) is 5.69 Å². The van der Waals surface area contributed by atoms with Gasteiger partial charge in [0.1, 0.15) is 11.3 Å². The summed E-state index contributed by atoms with van der Waals surface area (Å²) in [6.45, 7) is 4.01. The van der Waals surface area contributed by atoms with Crippen molar-refractivity contribution >= 4 is 11.6 Å². The number of aliphatic hydroxyl groups excluding tert-OH is 1. The van der Waals surface area contributed by atoms with Gasteiger partial charge in [0.2, 0.25) is 5.91 Å². The summed E-state index contributed by atoms with van der Waals surface area (Å²) in [5, 5.41) is 11.7. The van der Waals surface area contributed by atoms with Crippen molar-refractivity contribution < 1.29 is 14.6 Å². The Kier molecular flexibility index (Phi) is 8.66. The zero-order chi connectivity index (χ0) is 17.1. The van der Waals surface area contributed by atoms with Crippen LogP contribution in [-0.4, -0.2) is 29.8 Å². The maximum atomic E-state index is 11.8. The van der Waals surface area contributed by atoms with Crippen molar-refractivity contribution in [3.05, 3.63) is 24.3 Å². The van der Waals surface area contributed by atoms with Crippen LogP contribution < -0.4 is 15.8 Å². The van der Waals surface area contributed by atoms with Gasteiger partial charge < -0.3 is 20.9 Å². The number of aliphatic hydroxyl groups is 1. The molecule has 0 saturated carbocycles. The molecule has 0 heterocycles. The first-order valence-electron chi connectivity index (χ1n) is 8.43. The predicted octanol–water partition coefficient (Wildman–Crippen LogP) is 3.07. The van der Waals surface area contributed by atoms with Gasteiger partial charge in [-0.05, 0) is 37.6 Å². The molecule has 0 aliphatic carbocycles. The number of rotatable bonds is 11. The number of anilines is 1. The van der Waals surface area contributed by atoms with Gasteiger partial charge in [0.05, 0.1) is 13.2 Å². The van der Waals surface area contributed by atoms with E-state index in [2.05, 4.69) is 12.2 Å². The van der Waals surface area contributed by atoms with Gasteiger partial charge in [-0.15, -0.1) is 0 Å². The topological polar surface area (TPSA) is 84.6 Å². The fourth-order valence-corrected chi connectivity index (χ4v) is 2.05. The number of hydrogen-bond donors (Lipinski definition) is 3. The average molecular weight is 322 g/mol. The summed E-state index contributed by atoms with van der Waals surface area (Å²) in [4.78, 5) is 11.8. The third-order valence-electron chi connectivity index (χ3n) is 3.73. The molecule has 1 unspecified atom stereocenters. The van der Waals surface area contributed by atoms with E-state index in [1.165, 1.54) is 39.0 Å². The van der Waals surface area contributed by atoms with E-state index >= 15 is 0 Å². The van der Waals surface area contributed by atoms with E-state index in [9.17, 15) is 4.79 Å². The van der Waals surface area contributed by atoms with Crippen molar-refractivity contribution in [2.45, 2.75) is 57.9 Å². The Labute approximate surface area is 139 Å². The van der Waals surface area contributed by atoms with Gasteiger partial charge in [-0.1, -0.05) is 39.0 Å². The smallest absolute Gasteiger partial charge is 0.246 e. The van der Waals surface area contributed by atoms with Crippen molar-refractivity contribution in [1.29, 1.82) is 0 Å². The van der Waals surface area contributed by atoms with Gasteiger partial charge in [-0.2, -0.15) is 0 Å². The van der Waals surface area contributed by atoms with Crippen LogP contribution in [-0.2, 0) is 4.79 Å². The minimum absolute atomic E-state index is 0.404. The quantitative estimate of drug-likeness (QED) is 0.547. The van der Waals surface area contributed by atoms with Gasteiger partial charge in [-0.3, -0.25) is 4.79 Å². The summed E-state index contributed by atoms with van der Waals surface area (Å²) < 4.78 is 5.68. The van der Waals surface area contributed by atoms with E-state index < -0.39 is 18.1 Å². The molecule has 1 rings (SSSR count). The standard InChI is InChI=1S/C18H30N2O3/c1-3-4-5-6-7-8-13-23-16-11-9-15(10-12-16)20-17(22)18(2,19)14-21/h9-12,21H,3-8,13-14,19H2,1-2H3,(H,20,22). The largest absolute Gasteiger partial charge is 0.494 e. The summed E-state index contributed by atoms with van der Waals surface area (Å²) in [7, 11) is 0. The summed E-state index contributed by atoms with van der Waals surface area (Å²) in [5.41, 5.74) is 5.02. The van der Waals surface area contributed by atoms with Crippen LogP contribution in [0.15, 0.2) is 24.3 Å². The number of carbonyl (C=O) groups excluding carboxylic acids is 1. The predicted molar refractivity (Wildman–Crippen MR) is 93.6 cm³/mol. The molecule has 0 aliphatic heterocycles. The molecule has 1 atom stereocenters. The molecule has 0 aliphatic rings. The molecular weight excluding hydrogens is 292 g/mol. The number of amides is 1. The molecule has 1 aromatic rings. The maximum absolute atomic E-state index is 11.8. The first-order chi connectivity index (χ1) is 11.0. The molecule has 130 valence electrons. The number of unbranched alkanes of at least 4 members (excludes halogenated alkanes) is 5. The zero-order valence-corrected chi connectivity index (χ0v) is 14.3. The first kappa shape index (κ1) is 19.5. The molecule has 1 amide bonds. The molecule has 0 radical (unpaired) electrons. The van der Waals surface area contributed by atoms with E-state index in [0.29, 0.717) is 12.3 Å². The SMILES string of the molecule is CCCCCCCCOc1ccc(NC(=O)C(C)(N)CO)cc1. The van der Waals surface area contributed by atoms with Crippen molar-refractivity contribution in [3.63, 3.8) is 0 Å². The maximum Gasteiger partial charge on any atom is 0.246 e. The molecule has 0 spiro atoms. The van der Waals surface area contributed by atoms with E-state index in [4.69, 9.17) is 15.6 Å². The Morgan fingerprint density at radius 1 is 1.17 bits per heavy atom. The third-order valence-corrected chi connectivity index (χ3v) is 3.73. The lowest BCUT2D eigenvalue weighted by Crippen LogP contribution is -2.51. The highest BCUT2D eigenvalue weighted by Gasteiger charge is 2.27. The molecule has 0 bridgehead atoms. The molecule has 23 heavy (non-hydrogen) atoms. The van der Waals surface area contributed by atoms with E-state index in [1.54, 1.807) is 12.1 Å². The highest BCUT2D eigenvalue weighted by Crippen LogP contribution is 2.17. The fraction of sp³-hybridized carbons (Fsp3) is 0.611. The van der Waals surface area contributed by atoms with Crippen molar-refractivity contribution in [1.82, 2.24) is 0 Å². The highest BCUT2D eigenvalue weighted by atomic mass is 16.5. The number of benzene rings is 1. The molecule has 4 N–H and O–H groups in total. The number of nitrogens with two attached hydrogens (primary N) is 1. The lowest BCUT2D eigenvalue weighted by molar-refractivity contribution is -0.121. The highest BCUT2D eigenvalue weighted by molar-refractivity contribution is 5.97. The van der Waals surface area contributed by atoms with E-state index in [0.717, 1.165) is 12.2 Å². The van der Waals surface area contributed by atoms with Crippen molar-refractivity contribution in [2.24, 2.45) is 5.73 Å². The minimum atomic E-state index is -1.28. The van der Waals surface area contributed by atoms with Crippen molar-refractivity contribution in [3.8, 4) is 5.75 Å². The molecule has 5 heteroatoms. The van der Waals surface area contributed by atoms with Crippen LogP contribution >= 0.6 is 0 Å². The second-order valence-electron chi connectivity index (χ2n) is 6.17. The number of hydrogen-bond acceptors (Lipinski definition) is 4. The summed E-state index contributed by atoms with van der Waals surface area (Å²) in [5.74, 6) is 0.370. The number of ether oxygens (including phenoxy) is 1. The van der Waals surface area contributed by atoms with Gasteiger partial charge in [0, 0.05) is 5.69 Å². The lowest BCUT2D eigenvalue weighted by Gasteiger charge is -2.20. The van der Waals surface area contributed by atoms with E-state index in [1.807, 2.05) is 12.1 Å². The zero-order valence-electron chi connectivity index (χ0n) is 14.3. The van der Waals surface area contributed by atoms with Crippen LogP contribution in [0.1, 0.15) is 52.4 Å². The summed E-state index contributed by atoms with van der Waals surface area (Å²) in [6.07, 6.45) is 7.41. The molecule has 0 aromatic heterocycles. The molecule has 5 nitrogen and oxygen atoms in total.